The molecule has 0 aliphatic carbocycles. The lowest BCUT2D eigenvalue weighted by atomic mass is 10.3. The molecule has 0 atom stereocenters. The normalized spacial score (nSPS) is 22.5. The van der Waals surface area contributed by atoms with Gasteiger partial charge in [-0.25, -0.2) is 0 Å². The zero-order valence-corrected chi connectivity index (χ0v) is 6.60. The lowest BCUT2D eigenvalue weighted by Crippen LogP contribution is -2.52. The van der Waals surface area contributed by atoms with E-state index in [1.54, 1.807) is 0 Å². The second-order valence-corrected chi connectivity index (χ2v) is 2.77. The van der Waals surface area contributed by atoms with Crippen molar-refractivity contribution in [3.05, 3.63) is 0 Å². The Morgan fingerprint density at radius 1 is 1.46 bits per heavy atom. The van der Waals surface area contributed by atoms with E-state index in [4.69, 9.17) is 0 Å². The van der Waals surface area contributed by atoms with E-state index in [0.717, 1.165) is 4.90 Å². The van der Waals surface area contributed by atoms with Gasteiger partial charge in [-0.05, 0) is 0 Å². The van der Waals surface area contributed by atoms with Crippen molar-refractivity contribution in [3.63, 3.8) is 0 Å². The third-order valence-corrected chi connectivity index (χ3v) is 1.88. The summed E-state index contributed by atoms with van der Waals surface area (Å²) in [5, 5.41) is 9.49. The van der Waals surface area contributed by atoms with Gasteiger partial charge in [0.25, 0.3) is 0 Å². The van der Waals surface area contributed by atoms with Crippen molar-refractivity contribution >= 4 is 11.7 Å². The number of fused-ring (bicyclic) bond motifs is 1. The molecule has 13 heavy (non-hydrogen) atoms. The molecule has 71 valence electrons. The van der Waals surface area contributed by atoms with Gasteiger partial charge in [-0.1, -0.05) is 0 Å². The first-order chi connectivity index (χ1) is 6.09. The highest BCUT2D eigenvalue weighted by Crippen LogP contribution is 2.22. The molecule has 0 saturated carbocycles. The van der Waals surface area contributed by atoms with Gasteiger partial charge in [0.2, 0.25) is 0 Å². The van der Waals surface area contributed by atoms with Gasteiger partial charge >= 0.3 is 17.8 Å². The van der Waals surface area contributed by atoms with Crippen LogP contribution in [-0.2, 0) is 0 Å². The van der Waals surface area contributed by atoms with Crippen LogP contribution in [0.3, 0.4) is 0 Å². The molecule has 0 amide bonds. The summed E-state index contributed by atoms with van der Waals surface area (Å²) >= 11 is 0. The van der Waals surface area contributed by atoms with E-state index >= 15 is 0 Å². The van der Waals surface area contributed by atoms with Crippen LogP contribution in [0.4, 0.5) is 13.2 Å². The number of piperazine rings is 1. The average Bonchev–Trinajstić information content (AvgIpc) is 2.45. The first kappa shape index (κ1) is 8.49. The Hall–Kier alpha value is -1.11. The quantitative estimate of drug-likeness (QED) is 0.563. The van der Waals surface area contributed by atoms with Crippen molar-refractivity contribution < 1.29 is 13.2 Å². The molecule has 1 radical (unpaired) electrons. The highest BCUT2D eigenvalue weighted by Gasteiger charge is 2.52. The van der Waals surface area contributed by atoms with Crippen LogP contribution in [-0.4, -0.2) is 42.4 Å². The molecule has 7 heteroatoms. The van der Waals surface area contributed by atoms with Crippen LogP contribution >= 0.6 is 0 Å². The zero-order chi connectivity index (χ0) is 9.47. The topological polar surface area (TPSA) is 41.7 Å². The second-order valence-electron chi connectivity index (χ2n) is 2.77. The van der Waals surface area contributed by atoms with E-state index in [1.165, 1.54) is 0 Å². The van der Waals surface area contributed by atoms with E-state index in [9.17, 15) is 13.2 Å². The summed E-state index contributed by atoms with van der Waals surface area (Å²) in [5.74, 6) is -0.553. The van der Waals surface area contributed by atoms with Crippen LogP contribution in [0.1, 0.15) is 0 Å². The van der Waals surface area contributed by atoms with Crippen LogP contribution in [0.2, 0.25) is 0 Å². The molecule has 0 unspecified atom stereocenters. The summed E-state index contributed by atoms with van der Waals surface area (Å²) < 4.78 is 36.8. The molecule has 0 spiro atoms. The van der Waals surface area contributed by atoms with E-state index in [-0.39, 0.29) is 6.54 Å². The molecular formula is C6H7F3N4+. The highest BCUT2D eigenvalue weighted by molar-refractivity contribution is 6.06. The predicted molar refractivity (Wildman–Crippen MR) is 40.2 cm³/mol. The van der Waals surface area contributed by atoms with Gasteiger partial charge in [-0.3, -0.25) is 0 Å². The van der Waals surface area contributed by atoms with Crippen LogP contribution in [0.5, 0.6) is 0 Å². The largest absolute Gasteiger partial charge is 0.476 e. The van der Waals surface area contributed by atoms with Gasteiger partial charge < -0.3 is 5.32 Å². The molecule has 1 N–H and O–H groups in total. The summed E-state index contributed by atoms with van der Waals surface area (Å²) in [6, 6.07) is 0. The summed E-state index contributed by atoms with van der Waals surface area (Å²) in [5.41, 5.74) is 0. The Balaban J connectivity index is 2.19. The molecule has 0 aromatic heterocycles. The number of hydrogen-bond acceptors (Lipinski definition) is 4. The molecule has 0 aromatic carbocycles. The molecule has 2 rings (SSSR count). The molecule has 2 aliphatic rings. The maximum absolute atomic E-state index is 12.3. The average molecular weight is 192 g/mol. The van der Waals surface area contributed by atoms with E-state index < -0.39 is 12.0 Å². The molecular weight excluding hydrogens is 185 g/mol. The molecule has 2 aliphatic heterocycles. The Labute approximate surface area is 72.1 Å². The Bertz CT molecular complexity index is 280. The van der Waals surface area contributed by atoms with Gasteiger partial charge in [0.15, 0.2) is 0 Å². The van der Waals surface area contributed by atoms with Crippen LogP contribution < -0.4 is 10.4 Å². The number of alkyl halides is 3. The summed E-state index contributed by atoms with van der Waals surface area (Å²) in [7, 11) is 0. The first-order valence-corrected chi connectivity index (χ1v) is 3.79. The maximum Gasteiger partial charge on any atom is 0.476 e. The second kappa shape index (κ2) is 2.69. The lowest BCUT2D eigenvalue weighted by molar-refractivity contribution is -0.0658. The van der Waals surface area contributed by atoms with Crippen molar-refractivity contribution in [1.29, 1.82) is 0 Å². The molecule has 1 saturated heterocycles. The third kappa shape index (κ3) is 1.39. The molecule has 0 aromatic rings. The molecule has 2 heterocycles. The monoisotopic (exact) mass is 192 g/mol. The standard InChI is InChI=1S/C6H7F3N4/c7-6(8,9)5-12-11-4-3-10-1-2-13(4)5/h10H,1-3H2/q+1. The van der Waals surface area contributed by atoms with Crippen molar-refractivity contribution in [2.45, 2.75) is 6.18 Å². The number of halogens is 3. The van der Waals surface area contributed by atoms with Crippen LogP contribution in [0.25, 0.3) is 0 Å². The Kier molecular flexibility index (Phi) is 1.76. The van der Waals surface area contributed by atoms with Crippen molar-refractivity contribution in [2.24, 2.45) is 5.10 Å². The predicted octanol–water partition coefficient (Wildman–Crippen LogP) is -0.485. The van der Waals surface area contributed by atoms with E-state index in [0.29, 0.717) is 18.9 Å². The number of amidine groups is 2. The fraction of sp³-hybridized carbons (Fsp3) is 0.667. The number of nitrogens with one attached hydrogen (secondary N) is 1. The van der Waals surface area contributed by atoms with Crippen LogP contribution in [0.15, 0.2) is 5.10 Å². The summed E-state index contributed by atoms with van der Waals surface area (Å²) in [6.45, 7) is 1.15. The van der Waals surface area contributed by atoms with Crippen LogP contribution in [0, 0.1) is 0 Å². The number of hydrogen-bond donors (Lipinski definition) is 1. The molecule has 1 fully saturated rings. The third-order valence-electron chi connectivity index (χ3n) is 1.88. The van der Waals surface area contributed by atoms with Gasteiger partial charge in [0.1, 0.15) is 13.1 Å². The SMILES string of the molecule is FC(F)(F)C1=N[N+]=C2CNCCN12. The first-order valence-electron chi connectivity index (χ1n) is 3.79. The van der Waals surface area contributed by atoms with Crippen molar-refractivity contribution in [3.8, 4) is 0 Å². The molecule has 0 bridgehead atoms. The summed E-state index contributed by atoms with van der Waals surface area (Å²) in [6.07, 6.45) is -4.40. The highest BCUT2D eigenvalue weighted by atomic mass is 19.4. The smallest absolute Gasteiger partial charge is 0.302 e. The summed E-state index contributed by atoms with van der Waals surface area (Å²) in [4.78, 5) is 1.11. The van der Waals surface area contributed by atoms with Crippen molar-refractivity contribution in [1.82, 2.24) is 15.3 Å². The van der Waals surface area contributed by atoms with Gasteiger partial charge in [-0.15, -0.1) is 0 Å². The van der Waals surface area contributed by atoms with E-state index in [2.05, 4.69) is 15.5 Å². The maximum atomic E-state index is 12.3. The van der Waals surface area contributed by atoms with E-state index in [1.807, 2.05) is 0 Å². The van der Waals surface area contributed by atoms with Gasteiger partial charge in [0.05, 0.1) is 5.10 Å². The fourth-order valence-corrected chi connectivity index (χ4v) is 1.30. The van der Waals surface area contributed by atoms with Gasteiger partial charge in [-0.2, -0.15) is 18.1 Å². The number of rotatable bonds is 0. The fourth-order valence-electron chi connectivity index (χ4n) is 1.30. The number of nitrogens with zero attached hydrogens (tertiary/aromatic N) is 3. The minimum absolute atomic E-state index is 0.275. The lowest BCUT2D eigenvalue weighted by Gasteiger charge is -2.19. The minimum atomic E-state index is -4.40. The van der Waals surface area contributed by atoms with Gasteiger partial charge in [0, 0.05) is 11.6 Å². The zero-order valence-electron chi connectivity index (χ0n) is 6.60. The Morgan fingerprint density at radius 2 is 2.23 bits per heavy atom. The minimum Gasteiger partial charge on any atom is -0.302 e. The Morgan fingerprint density at radius 3 is 2.92 bits per heavy atom. The molecule has 4 nitrogen and oxygen atoms in total. The van der Waals surface area contributed by atoms with Crippen molar-refractivity contribution in [2.75, 3.05) is 19.6 Å².